The maximum atomic E-state index is 11.7. The first kappa shape index (κ1) is 17.9. The van der Waals surface area contributed by atoms with Crippen LogP contribution in [0.5, 0.6) is 0 Å². The summed E-state index contributed by atoms with van der Waals surface area (Å²) in [5.41, 5.74) is 8.10. The fourth-order valence-electron chi connectivity index (χ4n) is 3.03. The van der Waals surface area contributed by atoms with Crippen LogP contribution in [-0.4, -0.2) is 43.7 Å². The number of benzene rings is 1. The molecule has 1 aliphatic rings. The Morgan fingerprint density at radius 3 is 2.74 bits per heavy atom. The summed E-state index contributed by atoms with van der Waals surface area (Å²) < 4.78 is 4.88. The molecule has 2 atom stereocenters. The van der Waals surface area contributed by atoms with Crippen LogP contribution >= 0.6 is 0 Å². The minimum absolute atomic E-state index is 0.182. The summed E-state index contributed by atoms with van der Waals surface area (Å²) in [6.07, 6.45) is 2.65. The standard InChI is InChI=1S/C18H29N3O2/c1-14-4-3-9-21(11-14)12-16-7-5-15(6-8-16)10-20-18(22)17(19)13-23-2/h5-8,14,17H,3-4,9-13,19H2,1-2H3,(H,20,22). The second kappa shape index (κ2) is 9.01. The Morgan fingerprint density at radius 1 is 1.39 bits per heavy atom. The zero-order valence-corrected chi connectivity index (χ0v) is 14.3. The fraction of sp³-hybridized carbons (Fsp3) is 0.611. The molecule has 1 amide bonds. The van der Waals surface area contributed by atoms with Gasteiger partial charge in [0.05, 0.1) is 6.61 Å². The van der Waals surface area contributed by atoms with Crippen LogP contribution in [0.4, 0.5) is 0 Å². The molecule has 0 bridgehead atoms. The van der Waals surface area contributed by atoms with Crippen LogP contribution in [0.15, 0.2) is 24.3 Å². The van der Waals surface area contributed by atoms with Crippen molar-refractivity contribution >= 4 is 5.91 Å². The number of amides is 1. The van der Waals surface area contributed by atoms with E-state index in [9.17, 15) is 4.79 Å². The van der Waals surface area contributed by atoms with E-state index in [-0.39, 0.29) is 12.5 Å². The van der Waals surface area contributed by atoms with Gasteiger partial charge in [-0.05, 0) is 36.4 Å². The SMILES string of the molecule is COCC(N)C(=O)NCc1ccc(CN2CCCC(C)C2)cc1. The molecular weight excluding hydrogens is 290 g/mol. The third-order valence-corrected chi connectivity index (χ3v) is 4.32. The number of hydrogen-bond acceptors (Lipinski definition) is 4. The Bertz CT molecular complexity index is 490. The smallest absolute Gasteiger partial charge is 0.239 e. The number of nitrogens with one attached hydrogen (secondary N) is 1. The monoisotopic (exact) mass is 319 g/mol. The van der Waals surface area contributed by atoms with Gasteiger partial charge >= 0.3 is 0 Å². The second-order valence-corrected chi connectivity index (χ2v) is 6.58. The van der Waals surface area contributed by atoms with Gasteiger partial charge < -0.3 is 15.8 Å². The van der Waals surface area contributed by atoms with E-state index >= 15 is 0 Å². The molecule has 1 heterocycles. The van der Waals surface area contributed by atoms with Crippen LogP contribution in [-0.2, 0) is 22.6 Å². The lowest BCUT2D eigenvalue weighted by atomic mass is 9.99. The largest absolute Gasteiger partial charge is 0.383 e. The number of likely N-dealkylation sites (tertiary alicyclic amines) is 1. The highest BCUT2D eigenvalue weighted by atomic mass is 16.5. The number of nitrogens with two attached hydrogens (primary N) is 1. The van der Waals surface area contributed by atoms with Crippen LogP contribution in [0.25, 0.3) is 0 Å². The van der Waals surface area contributed by atoms with Gasteiger partial charge in [0, 0.05) is 26.7 Å². The maximum absolute atomic E-state index is 11.7. The van der Waals surface area contributed by atoms with Crippen molar-refractivity contribution in [2.75, 3.05) is 26.8 Å². The summed E-state index contributed by atoms with van der Waals surface area (Å²) in [5.74, 6) is 0.618. The molecule has 5 nitrogen and oxygen atoms in total. The summed E-state index contributed by atoms with van der Waals surface area (Å²) in [6, 6.07) is 7.84. The molecule has 0 radical (unpaired) electrons. The van der Waals surface area contributed by atoms with Crippen molar-refractivity contribution in [3.05, 3.63) is 35.4 Å². The molecule has 0 aliphatic carbocycles. The summed E-state index contributed by atoms with van der Waals surface area (Å²) in [6.45, 7) is 6.45. The Kier molecular flexibility index (Phi) is 7.02. The minimum atomic E-state index is -0.611. The average molecular weight is 319 g/mol. The molecule has 0 spiro atoms. The molecule has 1 aliphatic heterocycles. The molecule has 0 aromatic heterocycles. The first-order valence-corrected chi connectivity index (χ1v) is 8.41. The first-order valence-electron chi connectivity index (χ1n) is 8.41. The normalized spacial score (nSPS) is 20.2. The van der Waals surface area contributed by atoms with Crippen molar-refractivity contribution in [1.82, 2.24) is 10.2 Å². The topological polar surface area (TPSA) is 67.6 Å². The van der Waals surface area contributed by atoms with Gasteiger partial charge in [0.25, 0.3) is 0 Å². The second-order valence-electron chi connectivity index (χ2n) is 6.58. The minimum Gasteiger partial charge on any atom is -0.383 e. The molecule has 2 rings (SSSR count). The summed E-state index contributed by atoms with van der Waals surface area (Å²) in [5, 5.41) is 2.84. The number of piperidine rings is 1. The van der Waals surface area contributed by atoms with E-state index in [0.29, 0.717) is 6.54 Å². The Morgan fingerprint density at radius 2 is 2.09 bits per heavy atom. The van der Waals surface area contributed by atoms with E-state index in [2.05, 4.69) is 41.4 Å². The lowest BCUT2D eigenvalue weighted by molar-refractivity contribution is -0.123. The summed E-state index contributed by atoms with van der Waals surface area (Å²) in [4.78, 5) is 14.3. The number of carbonyl (C=O) groups is 1. The number of methoxy groups -OCH3 is 1. The van der Waals surface area contributed by atoms with Gasteiger partial charge in [-0.15, -0.1) is 0 Å². The highest BCUT2D eigenvalue weighted by Gasteiger charge is 2.16. The van der Waals surface area contributed by atoms with E-state index in [4.69, 9.17) is 10.5 Å². The lowest BCUT2D eigenvalue weighted by Gasteiger charge is -2.30. The van der Waals surface area contributed by atoms with E-state index < -0.39 is 6.04 Å². The van der Waals surface area contributed by atoms with E-state index in [1.165, 1.54) is 38.6 Å². The van der Waals surface area contributed by atoms with Crippen molar-refractivity contribution in [2.24, 2.45) is 11.7 Å². The molecule has 3 N–H and O–H groups in total. The van der Waals surface area contributed by atoms with Gasteiger partial charge in [0.1, 0.15) is 6.04 Å². The molecule has 1 saturated heterocycles. The molecular formula is C18H29N3O2. The van der Waals surface area contributed by atoms with Crippen molar-refractivity contribution in [3.63, 3.8) is 0 Å². The van der Waals surface area contributed by atoms with Gasteiger partial charge in [-0.3, -0.25) is 9.69 Å². The van der Waals surface area contributed by atoms with Crippen molar-refractivity contribution in [3.8, 4) is 0 Å². The van der Waals surface area contributed by atoms with Gasteiger partial charge in [0.2, 0.25) is 5.91 Å². The highest BCUT2D eigenvalue weighted by Crippen LogP contribution is 2.18. The highest BCUT2D eigenvalue weighted by molar-refractivity contribution is 5.81. The first-order chi connectivity index (χ1) is 11.1. The van der Waals surface area contributed by atoms with Crippen LogP contribution in [0.1, 0.15) is 30.9 Å². The Hall–Kier alpha value is -1.43. The molecule has 2 unspecified atom stereocenters. The summed E-state index contributed by atoms with van der Waals surface area (Å²) in [7, 11) is 1.54. The number of carbonyl (C=O) groups excluding carboxylic acids is 1. The quantitative estimate of drug-likeness (QED) is 0.799. The van der Waals surface area contributed by atoms with Crippen LogP contribution in [0.2, 0.25) is 0 Å². The number of nitrogens with zero attached hydrogens (tertiary/aromatic N) is 1. The third kappa shape index (κ3) is 5.94. The molecule has 1 aromatic carbocycles. The molecule has 0 saturated carbocycles. The zero-order chi connectivity index (χ0) is 16.7. The predicted octanol–water partition coefficient (Wildman–Crippen LogP) is 1.51. The summed E-state index contributed by atoms with van der Waals surface area (Å²) >= 11 is 0. The Labute approximate surface area is 139 Å². The molecule has 23 heavy (non-hydrogen) atoms. The van der Waals surface area contributed by atoms with Crippen LogP contribution in [0, 0.1) is 5.92 Å². The van der Waals surface area contributed by atoms with Crippen molar-refractivity contribution in [1.29, 1.82) is 0 Å². The Balaban J connectivity index is 1.79. The fourth-order valence-corrected chi connectivity index (χ4v) is 3.03. The molecule has 128 valence electrons. The van der Waals surface area contributed by atoms with Gasteiger partial charge in [-0.2, -0.15) is 0 Å². The van der Waals surface area contributed by atoms with Gasteiger partial charge in [0.15, 0.2) is 0 Å². The van der Waals surface area contributed by atoms with Crippen molar-refractivity contribution < 1.29 is 9.53 Å². The average Bonchev–Trinajstić information content (AvgIpc) is 2.54. The number of ether oxygens (including phenoxy) is 1. The predicted molar refractivity (Wildman–Crippen MR) is 91.8 cm³/mol. The third-order valence-electron chi connectivity index (χ3n) is 4.32. The molecule has 1 aromatic rings. The molecule has 5 heteroatoms. The molecule has 1 fully saturated rings. The van der Waals surface area contributed by atoms with Crippen molar-refractivity contribution in [2.45, 2.75) is 38.9 Å². The van der Waals surface area contributed by atoms with Gasteiger partial charge in [-0.25, -0.2) is 0 Å². The maximum Gasteiger partial charge on any atom is 0.239 e. The lowest BCUT2D eigenvalue weighted by Crippen LogP contribution is -2.43. The number of hydrogen-bond donors (Lipinski definition) is 2. The van der Waals surface area contributed by atoms with Gasteiger partial charge in [-0.1, -0.05) is 31.2 Å². The van der Waals surface area contributed by atoms with E-state index in [1.54, 1.807) is 0 Å². The van der Waals surface area contributed by atoms with E-state index in [0.717, 1.165) is 18.0 Å². The zero-order valence-electron chi connectivity index (χ0n) is 14.3. The van der Waals surface area contributed by atoms with Crippen LogP contribution in [0.3, 0.4) is 0 Å². The van der Waals surface area contributed by atoms with E-state index in [1.807, 2.05) is 0 Å². The van der Waals surface area contributed by atoms with Crippen LogP contribution < -0.4 is 11.1 Å². The number of rotatable bonds is 7.